The number of hydrogen-bond donors (Lipinski definition) is 1. The van der Waals surface area contributed by atoms with Gasteiger partial charge >= 0.3 is 0 Å². The lowest BCUT2D eigenvalue weighted by molar-refractivity contribution is -0.119. The van der Waals surface area contributed by atoms with E-state index in [1.807, 2.05) is 55.5 Å². The Morgan fingerprint density at radius 2 is 1.55 bits per heavy atom. The van der Waals surface area contributed by atoms with Gasteiger partial charge in [-0.3, -0.25) is 9.10 Å². The standard InChI is InChI=1S/C31H26ClN3O4S/c1-21-11-14-25(15-12-21)40(37,38)35(24-13-16-30(39-2)29(32)18-24)20-31(36)34-33-19-28-26-9-5-3-7-22(26)17-23-8-4-6-10-27(23)28/h3-19H,20H2,1-2H3,(H,34,36). The molecule has 0 saturated heterocycles. The van der Waals surface area contributed by atoms with Crippen molar-refractivity contribution in [3.8, 4) is 5.75 Å². The largest absolute Gasteiger partial charge is 0.495 e. The van der Waals surface area contributed by atoms with E-state index in [-0.39, 0.29) is 15.6 Å². The van der Waals surface area contributed by atoms with Crippen LogP contribution in [-0.4, -0.2) is 34.2 Å². The van der Waals surface area contributed by atoms with Crippen LogP contribution in [-0.2, 0) is 14.8 Å². The van der Waals surface area contributed by atoms with Gasteiger partial charge in [0.2, 0.25) is 0 Å². The summed E-state index contributed by atoms with van der Waals surface area (Å²) in [5.41, 5.74) is 4.47. The van der Waals surface area contributed by atoms with Gasteiger partial charge in [-0.15, -0.1) is 0 Å². The van der Waals surface area contributed by atoms with Gasteiger partial charge in [-0.25, -0.2) is 13.8 Å². The average molecular weight is 572 g/mol. The first-order chi connectivity index (χ1) is 19.3. The van der Waals surface area contributed by atoms with E-state index < -0.39 is 22.5 Å². The summed E-state index contributed by atoms with van der Waals surface area (Å²) in [6, 6.07) is 28.9. The molecule has 5 aromatic carbocycles. The number of nitrogens with zero attached hydrogens (tertiary/aromatic N) is 2. The van der Waals surface area contributed by atoms with Crippen molar-refractivity contribution < 1.29 is 17.9 Å². The first kappa shape index (κ1) is 27.2. The van der Waals surface area contributed by atoms with Crippen LogP contribution in [0.4, 0.5) is 5.69 Å². The van der Waals surface area contributed by atoms with Crippen LogP contribution in [0, 0.1) is 6.92 Å². The van der Waals surface area contributed by atoms with Crippen LogP contribution < -0.4 is 14.5 Å². The lowest BCUT2D eigenvalue weighted by atomic mass is 9.97. The van der Waals surface area contributed by atoms with Crippen molar-refractivity contribution in [2.75, 3.05) is 18.0 Å². The molecule has 0 heterocycles. The molecule has 5 aromatic rings. The molecule has 0 spiro atoms. The second-order valence-electron chi connectivity index (χ2n) is 9.17. The topological polar surface area (TPSA) is 88.1 Å². The number of nitrogens with one attached hydrogen (secondary N) is 1. The van der Waals surface area contributed by atoms with Crippen molar-refractivity contribution in [2.24, 2.45) is 5.10 Å². The maximum atomic E-state index is 13.7. The summed E-state index contributed by atoms with van der Waals surface area (Å²) in [7, 11) is -2.65. The van der Waals surface area contributed by atoms with Gasteiger partial charge in [0, 0.05) is 5.56 Å². The van der Waals surface area contributed by atoms with E-state index in [9.17, 15) is 13.2 Å². The highest BCUT2D eigenvalue weighted by atomic mass is 35.5. The maximum Gasteiger partial charge on any atom is 0.264 e. The van der Waals surface area contributed by atoms with E-state index in [0.717, 1.165) is 37.0 Å². The van der Waals surface area contributed by atoms with Gasteiger partial charge in [-0.1, -0.05) is 77.8 Å². The summed E-state index contributed by atoms with van der Waals surface area (Å²) >= 11 is 6.30. The van der Waals surface area contributed by atoms with Crippen LogP contribution in [0.5, 0.6) is 5.75 Å². The number of aryl methyl sites for hydroxylation is 1. The molecule has 5 rings (SSSR count). The van der Waals surface area contributed by atoms with E-state index in [1.54, 1.807) is 24.4 Å². The van der Waals surface area contributed by atoms with Gasteiger partial charge in [-0.05, 0) is 64.9 Å². The van der Waals surface area contributed by atoms with Gasteiger partial charge in [0.1, 0.15) is 12.3 Å². The number of fused-ring (bicyclic) bond motifs is 2. The fourth-order valence-electron chi connectivity index (χ4n) is 4.49. The summed E-state index contributed by atoms with van der Waals surface area (Å²) in [4.78, 5) is 13.1. The number of hydrazone groups is 1. The number of carbonyl (C=O) groups excluding carboxylic acids is 1. The lowest BCUT2D eigenvalue weighted by Crippen LogP contribution is -2.39. The van der Waals surface area contributed by atoms with Crippen LogP contribution in [0.15, 0.2) is 107 Å². The third-order valence-electron chi connectivity index (χ3n) is 6.52. The zero-order chi connectivity index (χ0) is 28.3. The van der Waals surface area contributed by atoms with Crippen molar-refractivity contribution in [3.63, 3.8) is 0 Å². The predicted octanol–water partition coefficient (Wildman–Crippen LogP) is 6.31. The molecular weight excluding hydrogens is 546 g/mol. The molecule has 40 heavy (non-hydrogen) atoms. The molecule has 0 unspecified atom stereocenters. The number of anilines is 1. The smallest absolute Gasteiger partial charge is 0.264 e. The summed E-state index contributed by atoms with van der Waals surface area (Å²) in [6.07, 6.45) is 1.59. The Hall–Kier alpha value is -4.40. The number of benzene rings is 5. The van der Waals surface area contributed by atoms with Crippen LogP contribution in [0.2, 0.25) is 5.02 Å². The Morgan fingerprint density at radius 1 is 0.925 bits per heavy atom. The summed E-state index contributed by atoms with van der Waals surface area (Å²) in [6.45, 7) is 1.34. The molecule has 0 aliphatic rings. The first-order valence-electron chi connectivity index (χ1n) is 12.4. The molecule has 0 saturated carbocycles. The molecule has 0 aliphatic heterocycles. The van der Waals surface area contributed by atoms with E-state index in [2.05, 4.69) is 16.6 Å². The molecular formula is C31H26ClN3O4S. The highest BCUT2D eigenvalue weighted by molar-refractivity contribution is 7.92. The van der Waals surface area contributed by atoms with Crippen molar-refractivity contribution in [2.45, 2.75) is 11.8 Å². The first-order valence-corrected chi connectivity index (χ1v) is 14.2. The molecule has 0 fully saturated rings. The minimum Gasteiger partial charge on any atom is -0.495 e. The van der Waals surface area contributed by atoms with Crippen LogP contribution in [0.25, 0.3) is 21.5 Å². The number of carbonyl (C=O) groups is 1. The molecule has 202 valence electrons. The van der Waals surface area contributed by atoms with E-state index in [0.29, 0.717) is 5.75 Å². The molecule has 7 nitrogen and oxygen atoms in total. The third kappa shape index (κ3) is 5.50. The minimum atomic E-state index is -4.12. The van der Waals surface area contributed by atoms with Crippen molar-refractivity contribution >= 4 is 61.0 Å². The third-order valence-corrected chi connectivity index (χ3v) is 8.60. The Balaban J connectivity index is 1.46. The number of sulfonamides is 1. The number of amides is 1. The Morgan fingerprint density at radius 3 is 2.15 bits per heavy atom. The molecule has 1 N–H and O–H groups in total. The summed E-state index contributed by atoms with van der Waals surface area (Å²) in [5.74, 6) is -0.238. The zero-order valence-corrected chi connectivity index (χ0v) is 23.4. The molecule has 0 bridgehead atoms. The number of halogens is 1. The maximum absolute atomic E-state index is 13.7. The van der Waals surface area contributed by atoms with Crippen molar-refractivity contribution in [1.29, 1.82) is 0 Å². The van der Waals surface area contributed by atoms with Gasteiger partial charge in [0.25, 0.3) is 15.9 Å². The van der Waals surface area contributed by atoms with Crippen LogP contribution in [0.1, 0.15) is 11.1 Å². The van der Waals surface area contributed by atoms with Gasteiger partial charge in [0.05, 0.1) is 28.9 Å². The second kappa shape index (κ2) is 11.4. The van der Waals surface area contributed by atoms with Crippen molar-refractivity contribution in [1.82, 2.24) is 5.43 Å². The Kier molecular flexibility index (Phi) is 7.73. The molecule has 9 heteroatoms. The fourth-order valence-corrected chi connectivity index (χ4v) is 6.15. The van der Waals surface area contributed by atoms with Crippen LogP contribution >= 0.6 is 11.6 Å². The van der Waals surface area contributed by atoms with Gasteiger partial charge < -0.3 is 4.74 Å². The lowest BCUT2D eigenvalue weighted by Gasteiger charge is -2.24. The van der Waals surface area contributed by atoms with Gasteiger partial charge in [0.15, 0.2) is 0 Å². The zero-order valence-electron chi connectivity index (χ0n) is 21.8. The number of ether oxygens (including phenoxy) is 1. The van der Waals surface area contributed by atoms with Gasteiger partial charge in [-0.2, -0.15) is 5.10 Å². The Bertz CT molecular complexity index is 1800. The monoisotopic (exact) mass is 571 g/mol. The summed E-state index contributed by atoms with van der Waals surface area (Å²) < 4.78 is 33.5. The fraction of sp³-hybridized carbons (Fsp3) is 0.0968. The molecule has 1 amide bonds. The molecule has 0 aromatic heterocycles. The van der Waals surface area contributed by atoms with E-state index >= 15 is 0 Å². The highest BCUT2D eigenvalue weighted by Gasteiger charge is 2.28. The Labute approximate surface area is 237 Å². The number of rotatable bonds is 8. The van der Waals surface area contributed by atoms with Crippen molar-refractivity contribution in [3.05, 3.63) is 113 Å². The number of hydrogen-bond acceptors (Lipinski definition) is 5. The predicted molar refractivity (Wildman–Crippen MR) is 161 cm³/mol. The second-order valence-corrected chi connectivity index (χ2v) is 11.4. The average Bonchev–Trinajstić information content (AvgIpc) is 2.95. The minimum absolute atomic E-state index is 0.0450. The van der Waals surface area contributed by atoms with E-state index in [1.165, 1.54) is 31.4 Å². The highest BCUT2D eigenvalue weighted by Crippen LogP contribution is 2.32. The summed E-state index contributed by atoms with van der Waals surface area (Å²) in [5, 5.41) is 8.47. The normalized spacial score (nSPS) is 11.7. The SMILES string of the molecule is COc1ccc(N(CC(=O)NN=Cc2c3ccccc3cc3ccccc23)S(=O)(=O)c2ccc(C)cc2)cc1Cl. The number of methoxy groups -OCH3 is 1. The van der Waals surface area contributed by atoms with Crippen LogP contribution in [0.3, 0.4) is 0 Å². The molecule has 0 aliphatic carbocycles. The van der Waals surface area contributed by atoms with E-state index in [4.69, 9.17) is 16.3 Å². The molecule has 0 radical (unpaired) electrons. The molecule has 0 atom stereocenters. The quantitative estimate of drug-likeness (QED) is 0.134.